The molecule has 1 aromatic heterocycles. The molecule has 0 aliphatic heterocycles. The van der Waals surface area contributed by atoms with Gasteiger partial charge in [0.15, 0.2) is 0 Å². The van der Waals surface area contributed by atoms with Gasteiger partial charge in [-0.25, -0.2) is 4.98 Å². The summed E-state index contributed by atoms with van der Waals surface area (Å²) < 4.78 is 5.65. The fourth-order valence-corrected chi connectivity index (χ4v) is 2.47. The molecule has 1 aromatic rings. The van der Waals surface area contributed by atoms with Crippen molar-refractivity contribution in [2.24, 2.45) is 11.3 Å². The van der Waals surface area contributed by atoms with Crippen LogP contribution in [0.2, 0.25) is 0 Å². The van der Waals surface area contributed by atoms with Gasteiger partial charge in [-0.1, -0.05) is 13.8 Å². The number of anilines is 1. The summed E-state index contributed by atoms with van der Waals surface area (Å²) in [4.78, 5) is 4.11. The Hall–Kier alpha value is -1.25. The Morgan fingerprint density at radius 1 is 1.53 bits per heavy atom. The van der Waals surface area contributed by atoms with E-state index in [1.165, 1.54) is 12.8 Å². The van der Waals surface area contributed by atoms with Gasteiger partial charge in [0.05, 0.1) is 18.5 Å². The maximum absolute atomic E-state index is 5.65. The van der Waals surface area contributed by atoms with Gasteiger partial charge in [-0.3, -0.25) is 0 Å². The third-order valence-corrected chi connectivity index (χ3v) is 3.01. The Bertz CT molecular complexity index is 328. The Kier molecular flexibility index (Phi) is 2.55. The molecule has 1 saturated carbocycles. The van der Waals surface area contributed by atoms with E-state index in [9.17, 15) is 0 Å². The predicted molar refractivity (Wildman–Crippen MR) is 60.6 cm³/mol. The summed E-state index contributed by atoms with van der Waals surface area (Å²) >= 11 is 0. The van der Waals surface area contributed by atoms with Crippen molar-refractivity contribution >= 4 is 5.69 Å². The molecule has 1 fully saturated rings. The quantitative estimate of drug-likeness (QED) is 0.826. The monoisotopic (exact) mass is 206 g/mol. The van der Waals surface area contributed by atoms with E-state index in [-0.39, 0.29) is 0 Å². The second-order valence-electron chi connectivity index (χ2n) is 5.04. The Labute approximate surface area is 90.7 Å². The predicted octanol–water partition coefficient (Wildman–Crippen LogP) is 2.48. The molecule has 3 heteroatoms. The van der Waals surface area contributed by atoms with E-state index < -0.39 is 0 Å². The molecule has 1 aliphatic carbocycles. The molecule has 0 atom stereocenters. The fraction of sp³-hybridized carbons (Fsp3) is 0.583. The molecule has 0 saturated heterocycles. The average molecular weight is 206 g/mol. The lowest BCUT2D eigenvalue weighted by molar-refractivity contribution is 0.0289. The molecule has 1 heterocycles. The van der Waals surface area contributed by atoms with Crippen LogP contribution in [0.4, 0.5) is 5.69 Å². The first-order chi connectivity index (χ1) is 7.07. The minimum absolute atomic E-state index is 0.350. The van der Waals surface area contributed by atoms with Crippen molar-refractivity contribution in [3.63, 3.8) is 0 Å². The number of pyridine rings is 1. The highest BCUT2D eigenvalue weighted by molar-refractivity contribution is 5.35. The standard InChI is InChI=1S/C12H18N2O/c1-9-5-12(2,6-9)8-15-11-4-3-10(13)7-14-11/h3-4,7,9H,5-6,8,13H2,1-2H3. The summed E-state index contributed by atoms with van der Waals surface area (Å²) in [7, 11) is 0. The molecule has 2 rings (SSSR count). The first-order valence-corrected chi connectivity index (χ1v) is 5.42. The zero-order chi connectivity index (χ0) is 10.9. The molecule has 3 nitrogen and oxygen atoms in total. The van der Waals surface area contributed by atoms with Crippen molar-refractivity contribution in [3.05, 3.63) is 18.3 Å². The van der Waals surface area contributed by atoms with E-state index in [0.717, 1.165) is 12.5 Å². The van der Waals surface area contributed by atoms with Crippen LogP contribution >= 0.6 is 0 Å². The van der Waals surface area contributed by atoms with Crippen molar-refractivity contribution in [2.75, 3.05) is 12.3 Å². The topological polar surface area (TPSA) is 48.1 Å². The summed E-state index contributed by atoms with van der Waals surface area (Å²) in [6.07, 6.45) is 4.13. The molecule has 0 bridgehead atoms. The number of rotatable bonds is 3. The number of aromatic nitrogens is 1. The van der Waals surface area contributed by atoms with E-state index >= 15 is 0 Å². The van der Waals surface area contributed by atoms with Gasteiger partial charge in [0.25, 0.3) is 0 Å². The van der Waals surface area contributed by atoms with Crippen molar-refractivity contribution < 1.29 is 4.74 Å². The van der Waals surface area contributed by atoms with Crippen LogP contribution in [-0.2, 0) is 0 Å². The maximum Gasteiger partial charge on any atom is 0.213 e. The molecule has 0 radical (unpaired) electrons. The van der Waals surface area contributed by atoms with E-state index in [1.807, 2.05) is 12.1 Å². The summed E-state index contributed by atoms with van der Waals surface area (Å²) in [6, 6.07) is 3.63. The summed E-state index contributed by atoms with van der Waals surface area (Å²) in [5, 5.41) is 0. The molecular weight excluding hydrogens is 188 g/mol. The third-order valence-electron chi connectivity index (χ3n) is 3.01. The maximum atomic E-state index is 5.65. The van der Waals surface area contributed by atoms with Crippen LogP contribution in [0.3, 0.4) is 0 Å². The molecule has 15 heavy (non-hydrogen) atoms. The number of hydrogen-bond donors (Lipinski definition) is 1. The van der Waals surface area contributed by atoms with E-state index in [0.29, 0.717) is 17.0 Å². The Morgan fingerprint density at radius 3 is 2.80 bits per heavy atom. The SMILES string of the molecule is CC1CC(C)(COc2ccc(N)cn2)C1. The number of hydrogen-bond acceptors (Lipinski definition) is 3. The lowest BCUT2D eigenvalue weighted by Crippen LogP contribution is -2.38. The van der Waals surface area contributed by atoms with Gasteiger partial charge in [0.1, 0.15) is 0 Å². The molecule has 2 N–H and O–H groups in total. The first kappa shape index (κ1) is 10.3. The smallest absolute Gasteiger partial charge is 0.213 e. The zero-order valence-corrected chi connectivity index (χ0v) is 9.36. The van der Waals surface area contributed by atoms with E-state index in [1.54, 1.807) is 6.20 Å². The zero-order valence-electron chi connectivity index (χ0n) is 9.36. The van der Waals surface area contributed by atoms with Crippen LogP contribution in [0.5, 0.6) is 5.88 Å². The average Bonchev–Trinajstić information content (AvgIpc) is 2.15. The molecule has 0 amide bonds. The van der Waals surface area contributed by atoms with Gasteiger partial charge in [0, 0.05) is 11.5 Å². The molecule has 0 unspecified atom stereocenters. The largest absolute Gasteiger partial charge is 0.477 e. The lowest BCUT2D eigenvalue weighted by atomic mass is 9.64. The van der Waals surface area contributed by atoms with Crippen LogP contribution in [0.1, 0.15) is 26.7 Å². The van der Waals surface area contributed by atoms with Crippen LogP contribution in [-0.4, -0.2) is 11.6 Å². The van der Waals surface area contributed by atoms with Gasteiger partial charge >= 0.3 is 0 Å². The normalized spacial score (nSPS) is 29.6. The van der Waals surface area contributed by atoms with Crippen LogP contribution in [0.25, 0.3) is 0 Å². The highest BCUT2D eigenvalue weighted by atomic mass is 16.5. The highest BCUT2D eigenvalue weighted by Crippen LogP contribution is 2.44. The molecule has 0 aromatic carbocycles. The van der Waals surface area contributed by atoms with Gasteiger partial charge in [-0.15, -0.1) is 0 Å². The van der Waals surface area contributed by atoms with Crippen molar-refractivity contribution in [2.45, 2.75) is 26.7 Å². The molecule has 82 valence electrons. The third kappa shape index (κ3) is 2.41. The first-order valence-electron chi connectivity index (χ1n) is 5.42. The fourth-order valence-electron chi connectivity index (χ4n) is 2.47. The molecule has 0 spiro atoms. The van der Waals surface area contributed by atoms with E-state index in [4.69, 9.17) is 10.5 Å². The highest BCUT2D eigenvalue weighted by Gasteiger charge is 2.38. The second-order valence-corrected chi connectivity index (χ2v) is 5.04. The number of nitrogens with zero attached hydrogens (tertiary/aromatic N) is 1. The van der Waals surface area contributed by atoms with Crippen molar-refractivity contribution in [1.29, 1.82) is 0 Å². The van der Waals surface area contributed by atoms with Gasteiger partial charge in [-0.05, 0) is 24.8 Å². The number of nitrogens with two attached hydrogens (primary N) is 1. The summed E-state index contributed by atoms with van der Waals surface area (Å²) in [6.45, 7) is 5.31. The van der Waals surface area contributed by atoms with Gasteiger partial charge in [-0.2, -0.15) is 0 Å². The van der Waals surface area contributed by atoms with Crippen LogP contribution in [0.15, 0.2) is 18.3 Å². The van der Waals surface area contributed by atoms with Gasteiger partial charge < -0.3 is 10.5 Å². The van der Waals surface area contributed by atoms with Crippen molar-refractivity contribution in [3.8, 4) is 5.88 Å². The summed E-state index contributed by atoms with van der Waals surface area (Å²) in [5.41, 5.74) is 6.57. The molecule has 1 aliphatic rings. The molecular formula is C12H18N2O. The second kappa shape index (κ2) is 3.72. The minimum Gasteiger partial charge on any atom is -0.477 e. The Balaban J connectivity index is 1.86. The number of nitrogen functional groups attached to an aromatic ring is 1. The minimum atomic E-state index is 0.350. The summed E-state index contributed by atoms with van der Waals surface area (Å²) in [5.74, 6) is 1.52. The van der Waals surface area contributed by atoms with Crippen molar-refractivity contribution in [1.82, 2.24) is 4.98 Å². The Morgan fingerprint density at radius 2 is 2.27 bits per heavy atom. The van der Waals surface area contributed by atoms with Crippen LogP contribution in [0, 0.1) is 11.3 Å². The van der Waals surface area contributed by atoms with Gasteiger partial charge in [0.2, 0.25) is 5.88 Å². The van der Waals surface area contributed by atoms with E-state index in [2.05, 4.69) is 18.8 Å². The number of ether oxygens (including phenoxy) is 1. The lowest BCUT2D eigenvalue weighted by Gasteiger charge is -2.43. The van der Waals surface area contributed by atoms with Crippen LogP contribution < -0.4 is 10.5 Å².